The van der Waals surface area contributed by atoms with Gasteiger partial charge in [0, 0.05) is 13.2 Å². The summed E-state index contributed by atoms with van der Waals surface area (Å²) in [6.07, 6.45) is 1.09. The molecule has 148 valence electrons. The van der Waals surface area contributed by atoms with Crippen LogP contribution in [0.1, 0.15) is 25.8 Å². The average molecular weight is 402 g/mol. The van der Waals surface area contributed by atoms with Crippen LogP contribution in [0.2, 0.25) is 19.1 Å². The highest BCUT2D eigenvalue weighted by Crippen LogP contribution is 2.16. The molecule has 0 aliphatic heterocycles. The lowest BCUT2D eigenvalue weighted by Crippen LogP contribution is -2.60. The Balaban J connectivity index is 2.02. The molecular weight excluding hydrogens is 366 g/mol. The molecule has 0 fully saturated rings. The maximum atomic E-state index is 5.98. The topological polar surface area (TPSA) is 30.5 Å². The summed E-state index contributed by atoms with van der Waals surface area (Å²) in [6.45, 7) is 11.2. The predicted octanol–water partition coefficient (Wildman–Crippen LogP) is 4.38. The lowest BCUT2D eigenvalue weighted by Gasteiger charge is -2.31. The standard InChI is InChI=1S/C22H35NO2Si2/c1-5-24-27(4,25-6-2)19-13-18-23-26(3,22-16-11-8-12-17-22)20-21-14-9-7-10-15-21/h7-12,14-17,23H,5-6,13,18-20H2,1-4H3. The van der Waals surface area contributed by atoms with Gasteiger partial charge < -0.3 is 13.8 Å². The number of hydrogen-bond donors (Lipinski definition) is 1. The fourth-order valence-corrected chi connectivity index (χ4v) is 9.30. The molecule has 2 aromatic rings. The number of rotatable bonds is 12. The van der Waals surface area contributed by atoms with Crippen LogP contribution in [0.3, 0.4) is 0 Å². The molecule has 0 saturated carbocycles. The average Bonchev–Trinajstić information content (AvgIpc) is 2.67. The first-order valence-corrected chi connectivity index (χ1v) is 15.4. The minimum Gasteiger partial charge on any atom is -0.395 e. The normalized spacial score (nSPS) is 14.1. The van der Waals surface area contributed by atoms with Crippen LogP contribution in [0.5, 0.6) is 0 Å². The van der Waals surface area contributed by atoms with Gasteiger partial charge in [0.2, 0.25) is 0 Å². The zero-order chi connectivity index (χ0) is 19.6. The molecule has 0 amide bonds. The first-order chi connectivity index (χ1) is 13.0. The van der Waals surface area contributed by atoms with Crippen LogP contribution in [0.25, 0.3) is 0 Å². The van der Waals surface area contributed by atoms with Gasteiger partial charge in [0.05, 0.1) is 0 Å². The van der Waals surface area contributed by atoms with Crippen molar-refractivity contribution in [2.24, 2.45) is 0 Å². The third kappa shape index (κ3) is 7.01. The maximum absolute atomic E-state index is 5.98. The Labute approximate surface area is 167 Å². The maximum Gasteiger partial charge on any atom is 0.334 e. The Kier molecular flexibility index (Phi) is 8.92. The van der Waals surface area contributed by atoms with Crippen molar-refractivity contribution in [2.45, 2.75) is 45.5 Å². The van der Waals surface area contributed by atoms with Gasteiger partial charge in [-0.15, -0.1) is 0 Å². The lowest BCUT2D eigenvalue weighted by atomic mass is 10.2. The molecule has 0 heterocycles. The summed E-state index contributed by atoms with van der Waals surface area (Å²) in [5.41, 5.74) is 1.41. The van der Waals surface area contributed by atoms with Crippen LogP contribution in [0, 0.1) is 0 Å². The molecule has 0 radical (unpaired) electrons. The number of benzene rings is 2. The molecule has 0 saturated heterocycles. The number of hydrogen-bond acceptors (Lipinski definition) is 3. The molecule has 0 aliphatic carbocycles. The van der Waals surface area contributed by atoms with Crippen molar-refractivity contribution in [1.29, 1.82) is 0 Å². The zero-order valence-electron chi connectivity index (χ0n) is 17.3. The van der Waals surface area contributed by atoms with E-state index in [9.17, 15) is 0 Å². The SMILES string of the molecule is CCO[Si](C)(CCCN[Si](C)(Cc1ccccc1)c1ccccc1)OCC. The highest BCUT2D eigenvalue weighted by atomic mass is 28.4. The Bertz CT molecular complexity index is 648. The summed E-state index contributed by atoms with van der Waals surface area (Å²) in [7, 11) is -3.84. The van der Waals surface area contributed by atoms with Gasteiger partial charge in [0.25, 0.3) is 0 Å². The minimum atomic E-state index is -2.02. The second-order valence-corrected chi connectivity index (χ2v) is 14.7. The van der Waals surface area contributed by atoms with Crippen molar-refractivity contribution in [2.75, 3.05) is 19.8 Å². The molecule has 1 N–H and O–H groups in total. The third-order valence-corrected chi connectivity index (χ3v) is 11.8. The summed E-state index contributed by atoms with van der Waals surface area (Å²) < 4.78 is 12.0. The van der Waals surface area contributed by atoms with E-state index in [4.69, 9.17) is 8.85 Å². The van der Waals surface area contributed by atoms with E-state index in [0.29, 0.717) is 0 Å². The van der Waals surface area contributed by atoms with E-state index < -0.39 is 16.8 Å². The number of nitrogens with one attached hydrogen (secondary N) is 1. The zero-order valence-corrected chi connectivity index (χ0v) is 19.3. The van der Waals surface area contributed by atoms with Crippen molar-refractivity contribution in [3.05, 3.63) is 66.2 Å². The smallest absolute Gasteiger partial charge is 0.334 e. The molecule has 2 aromatic carbocycles. The molecule has 27 heavy (non-hydrogen) atoms. The molecule has 0 aromatic heterocycles. The van der Waals surface area contributed by atoms with E-state index in [1.165, 1.54) is 10.8 Å². The molecular formula is C22H35NO2Si2. The molecule has 1 unspecified atom stereocenters. The molecule has 0 aliphatic rings. The van der Waals surface area contributed by atoms with E-state index >= 15 is 0 Å². The van der Waals surface area contributed by atoms with E-state index in [-0.39, 0.29) is 0 Å². The first kappa shape index (κ1) is 22.0. The van der Waals surface area contributed by atoms with E-state index in [2.05, 4.69) is 92.6 Å². The van der Waals surface area contributed by atoms with Gasteiger partial charge in [-0.05, 0) is 56.2 Å². The van der Waals surface area contributed by atoms with Crippen molar-refractivity contribution in [3.63, 3.8) is 0 Å². The Morgan fingerprint density at radius 3 is 1.93 bits per heavy atom. The molecule has 0 spiro atoms. The fourth-order valence-electron chi connectivity index (χ4n) is 3.65. The van der Waals surface area contributed by atoms with Crippen LogP contribution in [0.4, 0.5) is 0 Å². The fraction of sp³-hybridized carbons (Fsp3) is 0.455. The second kappa shape index (κ2) is 10.9. The van der Waals surface area contributed by atoms with E-state index in [0.717, 1.165) is 38.3 Å². The Morgan fingerprint density at radius 1 is 0.815 bits per heavy atom. The van der Waals surface area contributed by atoms with Gasteiger partial charge in [0.15, 0.2) is 8.24 Å². The van der Waals surface area contributed by atoms with Gasteiger partial charge in [-0.1, -0.05) is 67.2 Å². The quantitative estimate of drug-likeness (QED) is 0.423. The van der Waals surface area contributed by atoms with Gasteiger partial charge >= 0.3 is 8.56 Å². The predicted molar refractivity (Wildman–Crippen MR) is 120 cm³/mol. The van der Waals surface area contributed by atoms with Gasteiger partial charge in [0.1, 0.15) is 0 Å². The summed E-state index contributed by atoms with van der Waals surface area (Å²) in [5, 5.41) is 1.46. The third-order valence-electron chi connectivity index (χ3n) is 5.03. The summed E-state index contributed by atoms with van der Waals surface area (Å²) >= 11 is 0. The summed E-state index contributed by atoms with van der Waals surface area (Å²) in [6, 6.07) is 23.9. The van der Waals surface area contributed by atoms with Crippen molar-refractivity contribution in [3.8, 4) is 0 Å². The minimum absolute atomic E-state index is 0.737. The van der Waals surface area contributed by atoms with Gasteiger partial charge in [-0.25, -0.2) is 0 Å². The summed E-state index contributed by atoms with van der Waals surface area (Å²) in [4.78, 5) is 3.97. The Hall–Kier alpha value is -1.25. The molecule has 1 atom stereocenters. The highest BCUT2D eigenvalue weighted by molar-refractivity contribution is 6.88. The van der Waals surface area contributed by atoms with E-state index in [1.54, 1.807) is 0 Å². The molecule has 0 bridgehead atoms. The van der Waals surface area contributed by atoms with Crippen molar-refractivity contribution < 1.29 is 8.85 Å². The highest BCUT2D eigenvalue weighted by Gasteiger charge is 2.32. The van der Waals surface area contributed by atoms with Crippen LogP contribution in [-0.4, -0.2) is 36.6 Å². The first-order valence-electron chi connectivity index (χ1n) is 10.1. The molecule has 3 nitrogen and oxygen atoms in total. The van der Waals surface area contributed by atoms with Crippen LogP contribution < -0.4 is 10.2 Å². The Morgan fingerprint density at radius 2 is 1.37 bits per heavy atom. The largest absolute Gasteiger partial charge is 0.395 e. The molecule has 2 rings (SSSR count). The lowest BCUT2D eigenvalue weighted by molar-refractivity contribution is 0.188. The van der Waals surface area contributed by atoms with Crippen LogP contribution in [0.15, 0.2) is 60.7 Å². The summed E-state index contributed by atoms with van der Waals surface area (Å²) in [5.74, 6) is 0. The monoisotopic (exact) mass is 401 g/mol. The van der Waals surface area contributed by atoms with Gasteiger partial charge in [-0.2, -0.15) is 0 Å². The van der Waals surface area contributed by atoms with Crippen molar-refractivity contribution in [1.82, 2.24) is 4.98 Å². The van der Waals surface area contributed by atoms with Gasteiger partial charge in [-0.3, -0.25) is 0 Å². The second-order valence-electron chi connectivity index (χ2n) is 7.39. The molecule has 5 heteroatoms. The van der Waals surface area contributed by atoms with E-state index in [1.807, 2.05) is 0 Å². The van der Waals surface area contributed by atoms with Crippen LogP contribution >= 0.6 is 0 Å². The van der Waals surface area contributed by atoms with Crippen LogP contribution in [-0.2, 0) is 14.9 Å². The van der Waals surface area contributed by atoms with Crippen molar-refractivity contribution >= 4 is 22.0 Å².